The number of carbonyl (C=O) groups is 1. The number of H-pyrrole nitrogens is 1. The Labute approximate surface area is 165 Å². The molecule has 3 aromatic rings. The first kappa shape index (κ1) is 17.7. The highest BCUT2D eigenvalue weighted by atomic mass is 16.5. The fourth-order valence-electron chi connectivity index (χ4n) is 5.01. The van der Waals surface area contributed by atoms with Gasteiger partial charge in [-0.25, -0.2) is 4.98 Å². The van der Waals surface area contributed by atoms with Crippen LogP contribution in [0.4, 0.5) is 0 Å². The van der Waals surface area contributed by atoms with Gasteiger partial charge in [-0.15, -0.1) is 0 Å². The molecule has 2 aliphatic rings. The number of imidazole rings is 1. The smallest absolute Gasteiger partial charge is 0.314 e. The molecule has 0 spiro atoms. The fourth-order valence-corrected chi connectivity index (χ4v) is 5.01. The maximum Gasteiger partial charge on any atom is 0.314 e. The zero-order chi connectivity index (χ0) is 18.9. The van der Waals surface area contributed by atoms with E-state index in [1.807, 2.05) is 24.3 Å². The minimum Gasteiger partial charge on any atom is -0.426 e. The van der Waals surface area contributed by atoms with E-state index in [2.05, 4.69) is 11.1 Å². The van der Waals surface area contributed by atoms with Crippen molar-refractivity contribution in [1.82, 2.24) is 9.97 Å². The normalized spacial score (nSPS) is 19.3. The van der Waals surface area contributed by atoms with E-state index in [0.29, 0.717) is 11.7 Å². The maximum atomic E-state index is 12.8. The quantitative estimate of drug-likeness (QED) is 0.434. The summed E-state index contributed by atoms with van der Waals surface area (Å²) in [7, 11) is 0. The molecule has 1 N–H and O–H groups in total. The Morgan fingerprint density at radius 1 is 0.929 bits per heavy atom. The summed E-state index contributed by atoms with van der Waals surface area (Å²) in [6, 6.07) is 10.1. The Bertz CT molecular complexity index is 994. The van der Waals surface area contributed by atoms with Gasteiger partial charge in [-0.05, 0) is 25.7 Å². The molecule has 0 saturated heterocycles. The number of aromatic nitrogens is 2. The Hall–Kier alpha value is -2.36. The van der Waals surface area contributed by atoms with Gasteiger partial charge in [0, 0.05) is 22.8 Å². The van der Waals surface area contributed by atoms with Crippen molar-refractivity contribution in [3.05, 3.63) is 36.2 Å². The summed E-state index contributed by atoms with van der Waals surface area (Å²) in [5.41, 5.74) is 1.97. The number of fused-ring (bicyclic) bond motifs is 3. The van der Waals surface area contributed by atoms with Crippen LogP contribution in [0.2, 0.25) is 0 Å². The molecular formula is C24H28N2O2. The van der Waals surface area contributed by atoms with Crippen LogP contribution in [0, 0.1) is 5.92 Å². The van der Waals surface area contributed by atoms with Gasteiger partial charge in [-0.1, -0.05) is 62.8 Å². The summed E-state index contributed by atoms with van der Waals surface area (Å²) in [6.45, 7) is 0. The molecule has 1 heterocycles. The van der Waals surface area contributed by atoms with Crippen LogP contribution >= 0.6 is 0 Å². The van der Waals surface area contributed by atoms with Crippen LogP contribution in [-0.2, 0) is 4.79 Å². The van der Waals surface area contributed by atoms with Crippen LogP contribution in [0.5, 0.6) is 5.75 Å². The lowest BCUT2D eigenvalue weighted by molar-refractivity contribution is -0.139. The first-order valence-electron chi connectivity index (χ1n) is 10.9. The number of aromatic amines is 1. The predicted octanol–water partition coefficient (Wildman–Crippen LogP) is 6.25. The molecule has 28 heavy (non-hydrogen) atoms. The molecule has 2 aliphatic carbocycles. The molecule has 2 fully saturated rings. The van der Waals surface area contributed by atoms with Gasteiger partial charge in [0.05, 0.1) is 17.0 Å². The van der Waals surface area contributed by atoms with E-state index in [1.165, 1.54) is 38.5 Å². The molecule has 0 amide bonds. The lowest BCUT2D eigenvalue weighted by Gasteiger charge is -2.20. The van der Waals surface area contributed by atoms with Gasteiger partial charge in [0.25, 0.3) is 0 Å². The van der Waals surface area contributed by atoms with Crippen molar-refractivity contribution in [2.24, 2.45) is 5.92 Å². The van der Waals surface area contributed by atoms with Crippen molar-refractivity contribution >= 4 is 27.8 Å². The lowest BCUT2D eigenvalue weighted by Crippen LogP contribution is -2.22. The summed E-state index contributed by atoms with van der Waals surface area (Å²) in [5.74, 6) is 2.25. The zero-order valence-corrected chi connectivity index (χ0v) is 16.4. The molecule has 0 radical (unpaired) electrons. The lowest BCUT2D eigenvalue weighted by atomic mass is 9.89. The molecule has 0 bridgehead atoms. The topological polar surface area (TPSA) is 55.0 Å². The summed E-state index contributed by atoms with van der Waals surface area (Å²) in [4.78, 5) is 21.3. The molecule has 4 heteroatoms. The van der Waals surface area contributed by atoms with E-state index in [9.17, 15) is 4.79 Å². The van der Waals surface area contributed by atoms with Crippen LogP contribution in [-0.4, -0.2) is 15.9 Å². The number of esters is 1. The average molecular weight is 377 g/mol. The molecular weight excluding hydrogens is 348 g/mol. The third kappa shape index (κ3) is 3.30. The van der Waals surface area contributed by atoms with Gasteiger partial charge < -0.3 is 9.72 Å². The molecule has 0 aliphatic heterocycles. The second-order valence-corrected chi connectivity index (χ2v) is 8.53. The largest absolute Gasteiger partial charge is 0.426 e. The Balaban J connectivity index is 1.53. The third-order valence-electron chi connectivity index (χ3n) is 6.61. The van der Waals surface area contributed by atoms with Crippen LogP contribution in [0.3, 0.4) is 0 Å². The van der Waals surface area contributed by atoms with Gasteiger partial charge >= 0.3 is 5.97 Å². The number of hydrogen-bond donors (Lipinski definition) is 1. The first-order valence-corrected chi connectivity index (χ1v) is 10.9. The molecule has 2 aromatic carbocycles. The highest BCUT2D eigenvalue weighted by Crippen LogP contribution is 2.37. The Kier molecular flexibility index (Phi) is 4.79. The third-order valence-corrected chi connectivity index (χ3v) is 6.61. The number of rotatable bonds is 3. The van der Waals surface area contributed by atoms with Crippen LogP contribution in [0.1, 0.15) is 76.0 Å². The van der Waals surface area contributed by atoms with Gasteiger partial charge in [-0.3, -0.25) is 4.79 Å². The summed E-state index contributed by atoms with van der Waals surface area (Å²) < 4.78 is 5.94. The van der Waals surface area contributed by atoms with Crippen LogP contribution < -0.4 is 4.74 Å². The SMILES string of the molecule is O=C(Oc1cc2[nH]c(C3CCCCC3)nc2c2ccccc12)C1CCCCC1. The monoisotopic (exact) mass is 376 g/mol. The highest BCUT2D eigenvalue weighted by Gasteiger charge is 2.25. The molecule has 0 atom stereocenters. The number of hydrogen-bond acceptors (Lipinski definition) is 3. The van der Waals surface area contributed by atoms with E-state index >= 15 is 0 Å². The van der Waals surface area contributed by atoms with Crippen molar-refractivity contribution in [2.75, 3.05) is 0 Å². The number of benzene rings is 2. The molecule has 146 valence electrons. The van der Waals surface area contributed by atoms with Crippen molar-refractivity contribution < 1.29 is 9.53 Å². The summed E-state index contributed by atoms with van der Waals surface area (Å²) >= 11 is 0. The van der Waals surface area contributed by atoms with Gasteiger partial charge in [0.15, 0.2) is 0 Å². The maximum absolute atomic E-state index is 12.8. The molecule has 0 unspecified atom stereocenters. The first-order chi connectivity index (χ1) is 13.8. The molecule has 4 nitrogen and oxygen atoms in total. The van der Waals surface area contributed by atoms with E-state index in [4.69, 9.17) is 9.72 Å². The van der Waals surface area contributed by atoms with Gasteiger partial charge in [0.1, 0.15) is 11.6 Å². The minimum absolute atomic E-state index is 0.0442. The fraction of sp³-hybridized carbons (Fsp3) is 0.500. The second-order valence-electron chi connectivity index (χ2n) is 8.53. The molecule has 5 rings (SSSR count). The van der Waals surface area contributed by atoms with E-state index in [-0.39, 0.29) is 11.9 Å². The van der Waals surface area contributed by atoms with Gasteiger partial charge in [0.2, 0.25) is 0 Å². The van der Waals surface area contributed by atoms with Gasteiger partial charge in [-0.2, -0.15) is 0 Å². The number of carbonyl (C=O) groups excluding carboxylic acids is 1. The average Bonchev–Trinajstić information content (AvgIpc) is 3.19. The number of nitrogens with one attached hydrogen (secondary N) is 1. The van der Waals surface area contributed by atoms with Crippen molar-refractivity contribution in [3.63, 3.8) is 0 Å². The molecule has 2 saturated carbocycles. The number of nitrogens with zero attached hydrogens (tertiary/aromatic N) is 1. The van der Waals surface area contributed by atoms with Crippen molar-refractivity contribution in [3.8, 4) is 5.75 Å². The second kappa shape index (κ2) is 7.57. The number of ether oxygens (including phenoxy) is 1. The van der Waals surface area contributed by atoms with Crippen molar-refractivity contribution in [1.29, 1.82) is 0 Å². The van der Waals surface area contributed by atoms with Crippen molar-refractivity contribution in [2.45, 2.75) is 70.1 Å². The zero-order valence-electron chi connectivity index (χ0n) is 16.4. The molecule has 1 aromatic heterocycles. The summed E-state index contributed by atoms with van der Waals surface area (Å²) in [6.07, 6.45) is 11.7. The Morgan fingerprint density at radius 3 is 2.36 bits per heavy atom. The van der Waals surface area contributed by atoms with E-state index < -0.39 is 0 Å². The van der Waals surface area contributed by atoms with Crippen LogP contribution in [0.15, 0.2) is 30.3 Å². The minimum atomic E-state index is -0.0729. The summed E-state index contributed by atoms with van der Waals surface area (Å²) in [5, 5.41) is 2.03. The van der Waals surface area contributed by atoms with E-state index in [1.54, 1.807) is 0 Å². The van der Waals surface area contributed by atoms with Crippen LogP contribution in [0.25, 0.3) is 21.8 Å². The highest BCUT2D eigenvalue weighted by molar-refractivity contribution is 6.08. The van der Waals surface area contributed by atoms with E-state index in [0.717, 1.165) is 53.3 Å². The Morgan fingerprint density at radius 2 is 1.61 bits per heavy atom. The standard InChI is InChI=1S/C24H28N2O2/c27-24(17-11-5-2-6-12-17)28-21-15-20-22(19-14-8-7-13-18(19)21)26-23(25-20)16-9-3-1-4-10-16/h7-8,13-17H,1-6,9-12H2,(H,25,26). The predicted molar refractivity (Wildman–Crippen MR) is 112 cm³/mol.